The molecule has 32 heavy (non-hydrogen) atoms. The van der Waals surface area contributed by atoms with Crippen LogP contribution in [-0.4, -0.2) is 60.3 Å². The van der Waals surface area contributed by atoms with Crippen LogP contribution in [0.4, 0.5) is 0 Å². The van der Waals surface area contributed by atoms with Gasteiger partial charge in [0.05, 0.1) is 18.9 Å². The van der Waals surface area contributed by atoms with Crippen molar-refractivity contribution in [3.63, 3.8) is 0 Å². The van der Waals surface area contributed by atoms with Crippen molar-refractivity contribution in [3.8, 4) is 17.3 Å². The number of rotatable bonds is 5. The van der Waals surface area contributed by atoms with E-state index in [2.05, 4.69) is 32.4 Å². The van der Waals surface area contributed by atoms with E-state index in [9.17, 15) is 4.79 Å². The predicted octanol–water partition coefficient (Wildman–Crippen LogP) is 0.436. The fourth-order valence-corrected chi connectivity index (χ4v) is 3.61. The Kier molecular flexibility index (Phi) is 7.25. The van der Waals surface area contributed by atoms with Gasteiger partial charge in [0.25, 0.3) is 5.91 Å². The van der Waals surface area contributed by atoms with E-state index in [0.29, 0.717) is 11.4 Å². The Hall–Kier alpha value is -3.67. The molecule has 4 heterocycles. The van der Waals surface area contributed by atoms with Crippen molar-refractivity contribution in [2.24, 2.45) is 18.6 Å². The average molecular weight is 443 g/mol. The third-order valence-corrected chi connectivity index (χ3v) is 5.34. The smallest absolute Gasteiger partial charge is 0.271 e. The second kappa shape index (κ2) is 10.1. The van der Waals surface area contributed by atoms with Crippen LogP contribution in [0.5, 0.6) is 5.88 Å². The van der Waals surface area contributed by atoms with Gasteiger partial charge in [0, 0.05) is 38.6 Å². The van der Waals surface area contributed by atoms with E-state index in [-0.39, 0.29) is 11.6 Å². The number of aromatic nitrogens is 6. The van der Waals surface area contributed by atoms with Crippen molar-refractivity contribution < 1.29 is 9.53 Å². The molecule has 1 fully saturated rings. The molecule has 0 aliphatic carbocycles. The van der Waals surface area contributed by atoms with E-state index in [4.69, 9.17) is 16.3 Å². The second-order valence-electron chi connectivity index (χ2n) is 7.27. The van der Waals surface area contributed by atoms with Gasteiger partial charge in [0.1, 0.15) is 17.8 Å². The van der Waals surface area contributed by atoms with Gasteiger partial charge in [0.2, 0.25) is 5.88 Å². The van der Waals surface area contributed by atoms with Crippen LogP contribution >= 0.6 is 0 Å². The van der Waals surface area contributed by atoms with Gasteiger partial charge in [-0.15, -0.1) is 0 Å². The van der Waals surface area contributed by atoms with Gasteiger partial charge in [-0.2, -0.15) is 10.1 Å². The Morgan fingerprint density at radius 2 is 2.03 bits per heavy atom. The molecule has 3 aromatic rings. The molecule has 1 saturated heterocycles. The quantitative estimate of drug-likeness (QED) is 0.290. The summed E-state index contributed by atoms with van der Waals surface area (Å²) in [5.41, 5.74) is 11.3. The molecule has 12 heteroatoms. The Morgan fingerprint density at radius 3 is 2.62 bits per heavy atom. The summed E-state index contributed by atoms with van der Waals surface area (Å²) in [5, 5.41) is 4.36. The molecule has 1 aliphatic rings. The number of hydrogen-bond acceptors (Lipinski definition) is 9. The molecule has 0 unspecified atom stereocenters. The molecule has 0 atom stereocenters. The van der Waals surface area contributed by atoms with Gasteiger partial charge in [-0.05, 0) is 26.7 Å². The number of hydrogen-bond donors (Lipinski definition) is 3. The number of carbonyl (C=O) groups excluding carboxylic acids is 1. The first-order chi connectivity index (χ1) is 15.4. The minimum atomic E-state index is -0.134. The van der Waals surface area contributed by atoms with Crippen LogP contribution in [0.25, 0.3) is 22.6 Å². The summed E-state index contributed by atoms with van der Waals surface area (Å²) in [4.78, 5) is 26.1. The molecular formula is C20H30N10O2. The highest BCUT2D eigenvalue weighted by atomic mass is 16.5. The predicted molar refractivity (Wildman–Crippen MR) is 120 cm³/mol. The van der Waals surface area contributed by atoms with Crippen LogP contribution in [0.1, 0.15) is 25.5 Å². The molecular weight excluding hydrogens is 412 g/mol. The summed E-state index contributed by atoms with van der Waals surface area (Å²) in [7, 11) is 3.51. The highest BCUT2D eigenvalue weighted by molar-refractivity contribution is 5.92. The van der Waals surface area contributed by atoms with Crippen LogP contribution < -0.4 is 21.7 Å². The maximum absolute atomic E-state index is 11.4. The summed E-state index contributed by atoms with van der Waals surface area (Å²) in [6.07, 6.45) is 6.75. The summed E-state index contributed by atoms with van der Waals surface area (Å²) in [6, 6.07) is 0. The Balaban J connectivity index is 0.000000207. The largest absolute Gasteiger partial charge is 0.479 e. The second-order valence-corrected chi connectivity index (χ2v) is 7.27. The Labute approximate surface area is 186 Å². The number of ether oxygens (including phenoxy) is 1. The van der Waals surface area contributed by atoms with Gasteiger partial charge in [-0.3, -0.25) is 15.3 Å². The van der Waals surface area contributed by atoms with Crippen LogP contribution in [-0.2, 0) is 18.4 Å². The molecule has 12 nitrogen and oxygen atoms in total. The van der Waals surface area contributed by atoms with Crippen LogP contribution in [0, 0.1) is 6.92 Å². The van der Waals surface area contributed by atoms with E-state index in [1.165, 1.54) is 12.5 Å². The fourth-order valence-electron chi connectivity index (χ4n) is 3.61. The first-order valence-corrected chi connectivity index (χ1v) is 10.4. The monoisotopic (exact) mass is 442 g/mol. The molecule has 172 valence electrons. The van der Waals surface area contributed by atoms with Crippen LogP contribution in [0.3, 0.4) is 0 Å². The number of likely N-dealkylation sites (tertiary alicyclic amines) is 1. The summed E-state index contributed by atoms with van der Waals surface area (Å²) in [5.74, 6) is 6.15. The van der Waals surface area contributed by atoms with Crippen molar-refractivity contribution >= 4 is 17.1 Å². The number of carbonyl (C=O) groups is 1. The lowest BCUT2D eigenvalue weighted by atomic mass is 10.2. The molecule has 4 rings (SSSR count). The molecule has 3 aromatic heterocycles. The topological polar surface area (TPSA) is 155 Å². The zero-order valence-electron chi connectivity index (χ0n) is 18.9. The first-order valence-electron chi connectivity index (χ1n) is 10.4. The van der Waals surface area contributed by atoms with Gasteiger partial charge in [-0.1, -0.05) is 0 Å². The molecule has 1 aliphatic heterocycles. The third-order valence-electron chi connectivity index (χ3n) is 5.34. The number of methoxy groups -OCH3 is 1. The summed E-state index contributed by atoms with van der Waals surface area (Å²) >= 11 is 0. The fraction of sp³-hybridized carbons (Fsp3) is 0.450. The number of fused-ring (bicyclic) bond motifs is 1. The van der Waals surface area contributed by atoms with Crippen molar-refractivity contribution in [1.29, 1.82) is 0 Å². The van der Waals surface area contributed by atoms with Crippen LogP contribution in [0.2, 0.25) is 0 Å². The van der Waals surface area contributed by atoms with Crippen molar-refractivity contribution in [2.75, 3.05) is 20.2 Å². The summed E-state index contributed by atoms with van der Waals surface area (Å²) < 4.78 is 9.12. The van der Waals surface area contributed by atoms with Crippen molar-refractivity contribution in [1.82, 2.24) is 39.6 Å². The zero-order valence-corrected chi connectivity index (χ0v) is 18.9. The number of amides is 1. The highest BCUT2D eigenvalue weighted by Gasteiger charge is 2.20. The lowest BCUT2D eigenvalue weighted by Crippen LogP contribution is -2.33. The molecule has 0 saturated carbocycles. The number of imidazole rings is 1. The van der Waals surface area contributed by atoms with E-state index >= 15 is 0 Å². The lowest BCUT2D eigenvalue weighted by molar-refractivity contribution is -0.126. The number of aryl methyl sites for hydroxylation is 2. The average Bonchev–Trinajstić information content (AvgIpc) is 3.53. The SMILES string of the molecule is CCn1ncc(-c2nc3c(OC)ncnc3n2C)c1C.NN/C=C(\N)C(=O)N1CCCC1. The molecule has 5 N–H and O–H groups in total. The standard InChI is InChI=1S/C13H16N6O.C7H14N4O/c1-5-19-8(2)9(6-16-19)11-17-10-12(18(11)3)14-7-15-13(10)20-4;8-6(5-10-9)7(12)11-3-1-2-4-11/h6-7H,5H2,1-4H3;5,10H,1-4,8-9H2/b;6-5-. The van der Waals surface area contributed by atoms with E-state index < -0.39 is 0 Å². The third kappa shape index (κ3) is 4.49. The number of nitrogens with two attached hydrogens (primary N) is 2. The van der Waals surface area contributed by atoms with Gasteiger partial charge < -0.3 is 25.4 Å². The van der Waals surface area contributed by atoms with E-state index in [1.54, 1.807) is 12.0 Å². The van der Waals surface area contributed by atoms with Gasteiger partial charge in [-0.25, -0.2) is 9.97 Å². The molecule has 1 amide bonds. The van der Waals surface area contributed by atoms with Gasteiger partial charge in [0.15, 0.2) is 11.2 Å². The van der Waals surface area contributed by atoms with Gasteiger partial charge >= 0.3 is 0 Å². The minimum Gasteiger partial charge on any atom is -0.479 e. The molecule has 0 aromatic carbocycles. The molecule has 0 spiro atoms. The first kappa shape index (κ1) is 23.0. The molecule has 0 bridgehead atoms. The Morgan fingerprint density at radius 1 is 1.31 bits per heavy atom. The number of hydrazine groups is 1. The van der Waals surface area contributed by atoms with Crippen LogP contribution in [0.15, 0.2) is 24.4 Å². The number of nitrogens with zero attached hydrogens (tertiary/aromatic N) is 7. The highest BCUT2D eigenvalue weighted by Crippen LogP contribution is 2.28. The van der Waals surface area contributed by atoms with Crippen molar-refractivity contribution in [2.45, 2.75) is 33.2 Å². The minimum absolute atomic E-state index is 0.134. The lowest BCUT2D eigenvalue weighted by Gasteiger charge is -2.14. The summed E-state index contributed by atoms with van der Waals surface area (Å²) in [6.45, 7) is 6.54. The molecule has 0 radical (unpaired) electrons. The maximum atomic E-state index is 11.4. The van der Waals surface area contributed by atoms with E-state index in [0.717, 1.165) is 55.2 Å². The van der Waals surface area contributed by atoms with E-state index in [1.807, 2.05) is 29.4 Å². The zero-order chi connectivity index (χ0) is 23.3. The Bertz CT molecular complexity index is 1110. The maximum Gasteiger partial charge on any atom is 0.271 e. The van der Waals surface area contributed by atoms with Crippen molar-refractivity contribution in [3.05, 3.63) is 30.1 Å². The normalized spacial score (nSPS) is 13.8. The number of nitrogens with one attached hydrogen (secondary N) is 1.